The number of hydrogen-bond acceptors (Lipinski definition) is 2. The van der Waals surface area contributed by atoms with Crippen LogP contribution in [-0.2, 0) is 16.0 Å². The Morgan fingerprint density at radius 2 is 1.92 bits per heavy atom. The van der Waals surface area contributed by atoms with E-state index in [4.69, 9.17) is 0 Å². The number of allylic oxidation sites excluding steroid dienone is 2. The number of hydrogen-bond donors (Lipinski definition) is 2. The molecule has 1 aliphatic rings. The van der Waals surface area contributed by atoms with E-state index >= 15 is 0 Å². The Hall–Kier alpha value is -2.43. The molecule has 0 aliphatic heterocycles. The van der Waals surface area contributed by atoms with Crippen LogP contribution in [0.2, 0.25) is 0 Å². The molecule has 1 saturated carbocycles. The van der Waals surface area contributed by atoms with Crippen LogP contribution in [0.1, 0.15) is 44.6 Å². The zero-order valence-corrected chi connectivity index (χ0v) is 15.3. The minimum absolute atomic E-state index is 0.184. The molecule has 2 rings (SSSR count). The summed E-state index contributed by atoms with van der Waals surface area (Å²) >= 11 is 0. The van der Waals surface area contributed by atoms with E-state index in [1.807, 2.05) is 6.92 Å². The molecule has 0 bridgehead atoms. The van der Waals surface area contributed by atoms with Gasteiger partial charge in [0, 0.05) is 12.0 Å². The highest BCUT2D eigenvalue weighted by Gasteiger charge is 2.21. The molecular weight excluding hydrogens is 331 g/mol. The lowest BCUT2D eigenvalue weighted by Gasteiger charge is -2.17. The van der Waals surface area contributed by atoms with Crippen molar-refractivity contribution in [1.29, 1.82) is 0 Å². The van der Waals surface area contributed by atoms with Crippen molar-refractivity contribution in [1.82, 2.24) is 10.6 Å². The molecule has 1 atom stereocenters. The molecule has 2 amide bonds. The van der Waals surface area contributed by atoms with Crippen LogP contribution < -0.4 is 10.6 Å². The van der Waals surface area contributed by atoms with E-state index < -0.39 is 0 Å². The fraction of sp³-hybridized carbons (Fsp3) is 0.429. The monoisotopic (exact) mass is 358 g/mol. The van der Waals surface area contributed by atoms with Crippen molar-refractivity contribution in [2.24, 2.45) is 5.92 Å². The van der Waals surface area contributed by atoms with E-state index in [1.165, 1.54) is 24.3 Å². The number of carbonyl (C=O) groups excluding carboxylic acids is 2. The normalized spacial score (nSPS) is 16.2. The lowest BCUT2D eigenvalue weighted by Crippen LogP contribution is -2.40. The fourth-order valence-electron chi connectivity index (χ4n) is 3.05. The summed E-state index contributed by atoms with van der Waals surface area (Å²) in [5, 5.41) is 5.68. The van der Waals surface area contributed by atoms with Gasteiger partial charge in [-0.2, -0.15) is 0 Å². The second kappa shape index (κ2) is 9.90. The summed E-state index contributed by atoms with van der Waals surface area (Å²) in [4.78, 5) is 24.8. The number of nitrogens with one attached hydrogen (secondary N) is 2. The SMILES string of the molecule is C=C/C=C(\NC(=O)[C@@H](C)CCc1ccc(F)cc1)C(=O)NC1CCCC1. The van der Waals surface area contributed by atoms with Crippen molar-refractivity contribution in [3.8, 4) is 0 Å². The van der Waals surface area contributed by atoms with Gasteiger partial charge in [0.15, 0.2) is 0 Å². The number of rotatable bonds is 8. The van der Waals surface area contributed by atoms with Crippen LogP contribution in [0, 0.1) is 11.7 Å². The minimum atomic E-state index is -0.271. The minimum Gasteiger partial charge on any atom is -0.348 e. The van der Waals surface area contributed by atoms with Crippen LogP contribution in [0.15, 0.2) is 48.7 Å². The van der Waals surface area contributed by atoms with Gasteiger partial charge in [-0.15, -0.1) is 0 Å². The van der Waals surface area contributed by atoms with Crippen LogP contribution in [0.3, 0.4) is 0 Å². The van der Waals surface area contributed by atoms with E-state index in [0.717, 1.165) is 31.2 Å². The maximum atomic E-state index is 12.9. The van der Waals surface area contributed by atoms with Crippen molar-refractivity contribution in [2.75, 3.05) is 0 Å². The van der Waals surface area contributed by atoms with E-state index in [1.54, 1.807) is 12.1 Å². The molecule has 0 unspecified atom stereocenters. The third kappa shape index (κ3) is 6.14. The van der Waals surface area contributed by atoms with E-state index in [2.05, 4.69) is 17.2 Å². The average molecular weight is 358 g/mol. The Morgan fingerprint density at radius 3 is 2.54 bits per heavy atom. The van der Waals surface area contributed by atoms with Crippen molar-refractivity contribution in [3.63, 3.8) is 0 Å². The first-order valence-electron chi connectivity index (χ1n) is 9.18. The van der Waals surface area contributed by atoms with Gasteiger partial charge in [-0.25, -0.2) is 4.39 Å². The Morgan fingerprint density at radius 1 is 1.27 bits per heavy atom. The van der Waals surface area contributed by atoms with Crippen LogP contribution in [0.25, 0.3) is 0 Å². The average Bonchev–Trinajstić information content (AvgIpc) is 3.13. The number of carbonyl (C=O) groups is 2. The standard InChI is InChI=1S/C21H27FN2O2/c1-3-6-19(21(26)23-18-7-4-5-8-18)24-20(25)15(2)9-10-16-11-13-17(22)14-12-16/h3,6,11-15,18H,1,4-5,7-10H2,2H3,(H,23,26)(H,24,25)/b19-6-/t15-/m0/s1. The van der Waals surface area contributed by atoms with Gasteiger partial charge in [0.05, 0.1) is 0 Å². The Balaban J connectivity index is 1.86. The highest BCUT2D eigenvalue weighted by Crippen LogP contribution is 2.18. The molecule has 5 heteroatoms. The van der Waals surface area contributed by atoms with Crippen LogP contribution in [0.4, 0.5) is 4.39 Å². The van der Waals surface area contributed by atoms with Crippen molar-refractivity contribution in [2.45, 2.75) is 51.5 Å². The molecule has 0 heterocycles. The van der Waals surface area contributed by atoms with Crippen molar-refractivity contribution < 1.29 is 14.0 Å². The van der Waals surface area contributed by atoms with Gasteiger partial charge < -0.3 is 10.6 Å². The highest BCUT2D eigenvalue weighted by molar-refractivity contribution is 5.98. The third-order valence-electron chi connectivity index (χ3n) is 4.70. The fourth-order valence-corrected chi connectivity index (χ4v) is 3.05. The van der Waals surface area contributed by atoms with Gasteiger partial charge >= 0.3 is 0 Å². The van der Waals surface area contributed by atoms with Gasteiger partial charge in [-0.3, -0.25) is 9.59 Å². The van der Waals surface area contributed by atoms with E-state index in [9.17, 15) is 14.0 Å². The number of amides is 2. The van der Waals surface area contributed by atoms with Gasteiger partial charge in [-0.05, 0) is 49.5 Å². The summed E-state index contributed by atoms with van der Waals surface area (Å²) in [6.45, 7) is 5.43. The molecule has 2 N–H and O–H groups in total. The molecule has 0 radical (unpaired) electrons. The maximum Gasteiger partial charge on any atom is 0.268 e. The molecule has 26 heavy (non-hydrogen) atoms. The second-order valence-electron chi connectivity index (χ2n) is 6.83. The predicted molar refractivity (Wildman–Crippen MR) is 101 cm³/mol. The quantitative estimate of drug-likeness (QED) is 0.551. The molecule has 140 valence electrons. The Bertz CT molecular complexity index is 661. The molecule has 4 nitrogen and oxygen atoms in total. The second-order valence-corrected chi connectivity index (χ2v) is 6.83. The summed E-state index contributed by atoms with van der Waals surface area (Å²) in [6, 6.07) is 6.45. The summed E-state index contributed by atoms with van der Waals surface area (Å²) < 4.78 is 12.9. The molecule has 1 aliphatic carbocycles. The van der Waals surface area contributed by atoms with Crippen molar-refractivity contribution >= 4 is 11.8 Å². The van der Waals surface area contributed by atoms with E-state index in [-0.39, 0.29) is 35.3 Å². The van der Waals surface area contributed by atoms with Crippen LogP contribution in [0.5, 0.6) is 0 Å². The zero-order valence-electron chi connectivity index (χ0n) is 15.3. The van der Waals surface area contributed by atoms with Crippen molar-refractivity contribution in [3.05, 3.63) is 60.1 Å². The first-order chi connectivity index (χ1) is 12.5. The predicted octanol–water partition coefficient (Wildman–Crippen LogP) is 3.64. The van der Waals surface area contributed by atoms with Gasteiger partial charge in [-0.1, -0.05) is 44.6 Å². The van der Waals surface area contributed by atoms with Crippen LogP contribution in [-0.4, -0.2) is 17.9 Å². The molecule has 1 aromatic carbocycles. The van der Waals surface area contributed by atoms with Gasteiger partial charge in [0.1, 0.15) is 11.5 Å². The zero-order chi connectivity index (χ0) is 18.9. The molecule has 1 aromatic rings. The lowest BCUT2D eigenvalue weighted by molar-refractivity contribution is -0.126. The summed E-state index contributed by atoms with van der Waals surface area (Å²) in [6.07, 6.45) is 8.51. The molecule has 0 spiro atoms. The van der Waals surface area contributed by atoms with Gasteiger partial charge in [0.2, 0.25) is 5.91 Å². The first kappa shape index (κ1) is 19.9. The molecule has 0 aromatic heterocycles. The topological polar surface area (TPSA) is 58.2 Å². The summed E-state index contributed by atoms with van der Waals surface area (Å²) in [7, 11) is 0. The maximum absolute atomic E-state index is 12.9. The van der Waals surface area contributed by atoms with E-state index in [0.29, 0.717) is 12.8 Å². The summed E-state index contributed by atoms with van der Waals surface area (Å²) in [5.74, 6) is -1.02. The third-order valence-corrected chi connectivity index (χ3v) is 4.70. The Labute approximate surface area is 154 Å². The summed E-state index contributed by atoms with van der Waals surface area (Å²) in [5.41, 5.74) is 1.21. The van der Waals surface area contributed by atoms with Gasteiger partial charge in [0.25, 0.3) is 5.91 Å². The Kier molecular flexibility index (Phi) is 7.57. The number of aryl methyl sites for hydroxylation is 1. The molecule has 0 saturated heterocycles. The smallest absolute Gasteiger partial charge is 0.268 e. The lowest BCUT2D eigenvalue weighted by atomic mass is 10.00. The number of benzene rings is 1. The first-order valence-corrected chi connectivity index (χ1v) is 9.18. The molecular formula is C21H27FN2O2. The largest absolute Gasteiger partial charge is 0.348 e. The van der Waals surface area contributed by atoms with Crippen LogP contribution >= 0.6 is 0 Å². The number of halogens is 1. The highest BCUT2D eigenvalue weighted by atomic mass is 19.1. The molecule has 1 fully saturated rings.